The van der Waals surface area contributed by atoms with Crippen LogP contribution in [0.5, 0.6) is 0 Å². The van der Waals surface area contributed by atoms with Gasteiger partial charge in [0, 0.05) is 21.1 Å². The number of hydrogen-bond donors (Lipinski definition) is 0. The van der Waals surface area contributed by atoms with Gasteiger partial charge in [-0.2, -0.15) is 0 Å². The van der Waals surface area contributed by atoms with Gasteiger partial charge in [0.25, 0.3) is 0 Å². The Hall–Kier alpha value is -0.680. The highest BCUT2D eigenvalue weighted by Gasteiger charge is 2.28. The molecular formula is C11H9Br2N3. The number of fused-ring (bicyclic) bond motifs is 3. The van der Waals surface area contributed by atoms with Crippen LogP contribution < -0.4 is 0 Å². The smallest absolute Gasteiger partial charge is 0.138 e. The normalized spacial score (nSPS) is 17.8. The lowest BCUT2D eigenvalue weighted by Gasteiger charge is -2.26. The Morgan fingerprint density at radius 3 is 2.94 bits per heavy atom. The monoisotopic (exact) mass is 341 g/mol. The first kappa shape index (κ1) is 10.5. The highest BCUT2D eigenvalue weighted by atomic mass is 79.9. The highest BCUT2D eigenvalue weighted by Crippen LogP contribution is 2.37. The number of nitrogens with zero attached hydrogens (tertiary/aromatic N) is 3. The van der Waals surface area contributed by atoms with E-state index in [1.54, 1.807) is 0 Å². The SMILES string of the molecule is CC1=Nc2c(Br)cc(Br)cc2C2=NCCN12. The second kappa shape index (κ2) is 3.67. The molecule has 0 amide bonds. The van der Waals surface area contributed by atoms with E-state index in [-0.39, 0.29) is 0 Å². The molecule has 0 fully saturated rings. The Bertz CT molecular complexity index is 534. The molecule has 0 aromatic heterocycles. The van der Waals surface area contributed by atoms with E-state index in [4.69, 9.17) is 0 Å². The molecule has 0 saturated heterocycles. The third kappa shape index (κ3) is 1.45. The van der Waals surface area contributed by atoms with Gasteiger partial charge in [0.2, 0.25) is 0 Å². The van der Waals surface area contributed by atoms with E-state index in [9.17, 15) is 0 Å². The van der Waals surface area contributed by atoms with E-state index in [2.05, 4.69) is 52.8 Å². The van der Waals surface area contributed by atoms with Gasteiger partial charge >= 0.3 is 0 Å². The molecule has 0 unspecified atom stereocenters. The Kier molecular flexibility index (Phi) is 2.40. The standard InChI is InChI=1S/C11H9Br2N3/c1-6-15-10-8(4-7(12)5-9(10)13)11-14-2-3-16(6)11/h4-5H,2-3H2,1H3. The summed E-state index contributed by atoms with van der Waals surface area (Å²) in [7, 11) is 0. The van der Waals surface area contributed by atoms with Gasteiger partial charge in [0.05, 0.1) is 12.2 Å². The van der Waals surface area contributed by atoms with E-state index in [0.29, 0.717) is 0 Å². The fraction of sp³-hybridized carbons (Fsp3) is 0.273. The number of halogens is 2. The number of amidine groups is 2. The van der Waals surface area contributed by atoms with E-state index in [0.717, 1.165) is 45.0 Å². The first-order valence-corrected chi connectivity index (χ1v) is 6.62. The molecule has 0 atom stereocenters. The first-order valence-electron chi connectivity index (χ1n) is 5.03. The summed E-state index contributed by atoms with van der Waals surface area (Å²) in [4.78, 5) is 11.3. The zero-order valence-corrected chi connectivity index (χ0v) is 11.8. The van der Waals surface area contributed by atoms with Crippen LogP contribution in [0.2, 0.25) is 0 Å². The van der Waals surface area contributed by atoms with Crippen molar-refractivity contribution in [2.45, 2.75) is 6.92 Å². The summed E-state index contributed by atoms with van der Waals surface area (Å²) in [5, 5.41) is 0. The number of hydrogen-bond acceptors (Lipinski definition) is 3. The van der Waals surface area contributed by atoms with Crippen molar-refractivity contribution in [1.29, 1.82) is 0 Å². The van der Waals surface area contributed by atoms with Crippen molar-refractivity contribution in [2.24, 2.45) is 9.98 Å². The van der Waals surface area contributed by atoms with Crippen molar-refractivity contribution in [3.05, 3.63) is 26.6 Å². The molecule has 3 rings (SSSR count). The molecule has 82 valence electrons. The number of rotatable bonds is 0. The van der Waals surface area contributed by atoms with Crippen LogP contribution >= 0.6 is 31.9 Å². The topological polar surface area (TPSA) is 28.0 Å². The first-order chi connectivity index (χ1) is 7.66. The van der Waals surface area contributed by atoms with Crippen molar-refractivity contribution >= 4 is 49.2 Å². The van der Waals surface area contributed by atoms with Crippen molar-refractivity contribution in [2.75, 3.05) is 13.1 Å². The molecule has 5 heteroatoms. The fourth-order valence-electron chi connectivity index (χ4n) is 2.07. The largest absolute Gasteiger partial charge is 0.313 e. The maximum atomic E-state index is 4.62. The van der Waals surface area contributed by atoms with Gasteiger partial charge in [-0.3, -0.25) is 4.99 Å². The third-order valence-electron chi connectivity index (χ3n) is 2.77. The molecule has 2 aliphatic rings. The molecule has 0 aliphatic carbocycles. The highest BCUT2D eigenvalue weighted by molar-refractivity contribution is 9.11. The lowest BCUT2D eigenvalue weighted by Crippen LogP contribution is -2.35. The Morgan fingerprint density at radius 1 is 1.31 bits per heavy atom. The molecule has 1 aromatic rings. The van der Waals surface area contributed by atoms with Gasteiger partial charge in [0.15, 0.2) is 0 Å². The molecule has 0 spiro atoms. The van der Waals surface area contributed by atoms with Gasteiger partial charge in [0.1, 0.15) is 11.7 Å². The molecule has 3 nitrogen and oxygen atoms in total. The van der Waals surface area contributed by atoms with Crippen LogP contribution in [0.15, 0.2) is 31.1 Å². The zero-order chi connectivity index (χ0) is 11.3. The van der Waals surface area contributed by atoms with E-state index in [1.807, 2.05) is 13.0 Å². The summed E-state index contributed by atoms with van der Waals surface area (Å²) in [6.45, 7) is 3.82. The minimum absolute atomic E-state index is 0.853. The van der Waals surface area contributed by atoms with Crippen LogP contribution in [0.3, 0.4) is 0 Å². The summed E-state index contributed by atoms with van der Waals surface area (Å²) >= 11 is 7.05. The van der Waals surface area contributed by atoms with Crippen molar-refractivity contribution in [3.8, 4) is 0 Å². The van der Waals surface area contributed by atoms with E-state index < -0.39 is 0 Å². The molecule has 2 aliphatic heterocycles. The van der Waals surface area contributed by atoms with Gasteiger partial charge in [-0.1, -0.05) is 15.9 Å². The number of benzene rings is 1. The van der Waals surface area contributed by atoms with Crippen LogP contribution in [0, 0.1) is 0 Å². The van der Waals surface area contributed by atoms with E-state index in [1.165, 1.54) is 0 Å². The quantitative estimate of drug-likeness (QED) is 0.710. The average molecular weight is 343 g/mol. The average Bonchev–Trinajstić information content (AvgIpc) is 2.69. The van der Waals surface area contributed by atoms with Crippen LogP contribution in [0.1, 0.15) is 12.5 Å². The second-order valence-electron chi connectivity index (χ2n) is 3.80. The molecule has 0 N–H and O–H groups in total. The van der Waals surface area contributed by atoms with Crippen molar-refractivity contribution < 1.29 is 0 Å². The lowest BCUT2D eigenvalue weighted by molar-refractivity contribution is 0.657. The summed E-state index contributed by atoms with van der Waals surface area (Å²) < 4.78 is 2.05. The Morgan fingerprint density at radius 2 is 2.12 bits per heavy atom. The predicted molar refractivity (Wildman–Crippen MR) is 72.7 cm³/mol. The maximum absolute atomic E-state index is 4.62. The number of aliphatic imine (C=N–C) groups is 2. The summed E-state index contributed by atoms with van der Waals surface area (Å²) in [6.07, 6.45) is 0. The molecule has 16 heavy (non-hydrogen) atoms. The van der Waals surface area contributed by atoms with Gasteiger partial charge in [-0.15, -0.1) is 0 Å². The van der Waals surface area contributed by atoms with E-state index >= 15 is 0 Å². The predicted octanol–water partition coefficient (Wildman–Crippen LogP) is 3.34. The van der Waals surface area contributed by atoms with Crippen molar-refractivity contribution in [1.82, 2.24) is 4.90 Å². The Balaban J connectivity index is 2.30. The molecule has 2 heterocycles. The second-order valence-corrected chi connectivity index (χ2v) is 5.57. The third-order valence-corrected chi connectivity index (χ3v) is 3.84. The van der Waals surface area contributed by atoms with Crippen molar-refractivity contribution in [3.63, 3.8) is 0 Å². The van der Waals surface area contributed by atoms with Gasteiger partial charge < -0.3 is 4.90 Å². The molecule has 1 aromatic carbocycles. The van der Waals surface area contributed by atoms with Crippen LogP contribution in [0.25, 0.3) is 0 Å². The Labute approximate surface area is 111 Å². The van der Waals surface area contributed by atoms with Crippen LogP contribution in [-0.2, 0) is 0 Å². The maximum Gasteiger partial charge on any atom is 0.138 e. The van der Waals surface area contributed by atoms with Crippen LogP contribution in [-0.4, -0.2) is 29.7 Å². The molecule has 0 radical (unpaired) electrons. The summed E-state index contributed by atoms with van der Waals surface area (Å²) in [6, 6.07) is 4.09. The van der Waals surface area contributed by atoms with Gasteiger partial charge in [-0.05, 0) is 35.0 Å². The summed E-state index contributed by atoms with van der Waals surface area (Å²) in [5.41, 5.74) is 2.09. The minimum Gasteiger partial charge on any atom is -0.313 e. The molecule has 0 saturated carbocycles. The van der Waals surface area contributed by atoms with Gasteiger partial charge in [-0.25, -0.2) is 4.99 Å². The zero-order valence-electron chi connectivity index (χ0n) is 8.67. The fourth-order valence-corrected chi connectivity index (χ4v) is 3.38. The van der Waals surface area contributed by atoms with Crippen LogP contribution in [0.4, 0.5) is 5.69 Å². The molecule has 0 bridgehead atoms. The molecular weight excluding hydrogens is 334 g/mol. The lowest BCUT2D eigenvalue weighted by atomic mass is 10.1. The summed E-state index contributed by atoms with van der Waals surface area (Å²) in [5.74, 6) is 2.07. The minimum atomic E-state index is 0.853.